The van der Waals surface area contributed by atoms with Gasteiger partial charge in [-0.2, -0.15) is 0 Å². The second-order valence-electron chi connectivity index (χ2n) is 16.7. The molecule has 0 bridgehead atoms. The van der Waals surface area contributed by atoms with Gasteiger partial charge in [0.2, 0.25) is 0 Å². The first-order valence-corrected chi connectivity index (χ1v) is 27.0. The van der Waals surface area contributed by atoms with E-state index in [2.05, 4.69) is 31.9 Å². The molecule has 0 radical (unpaired) electrons. The number of nitrogens with zero attached hydrogens (tertiary/aromatic N) is 4. The Morgan fingerprint density at radius 1 is 0.368 bits per heavy atom. The quantitative estimate of drug-likeness (QED) is 0.0847. The highest BCUT2D eigenvalue weighted by Crippen LogP contribution is 2.37. The molecule has 0 aliphatic carbocycles. The molecule has 4 aromatic heterocycles. The Kier molecular flexibility index (Phi) is 13.8. The van der Waals surface area contributed by atoms with Crippen LogP contribution in [0.5, 0.6) is 0 Å². The van der Waals surface area contributed by atoms with Gasteiger partial charge in [-0.25, -0.2) is 38.5 Å². The molecule has 6 N–H and O–H groups in total. The van der Waals surface area contributed by atoms with E-state index in [4.69, 9.17) is 0 Å². The summed E-state index contributed by atoms with van der Waals surface area (Å²) in [6.45, 7) is 0. The van der Waals surface area contributed by atoms with Crippen LogP contribution in [-0.4, -0.2) is 99.8 Å². The van der Waals surface area contributed by atoms with Crippen molar-refractivity contribution in [1.29, 1.82) is 0 Å². The van der Waals surface area contributed by atoms with Crippen LogP contribution in [0.25, 0.3) is 21.5 Å². The molecule has 0 unspecified atom stereocenters. The summed E-state index contributed by atoms with van der Waals surface area (Å²) in [5.74, 6) is -2.73. The summed E-state index contributed by atoms with van der Waals surface area (Å²) in [6, 6.07) is 14.1. The molecule has 31 heteroatoms. The van der Waals surface area contributed by atoms with Gasteiger partial charge in [-0.3, -0.25) is 29.8 Å². The van der Waals surface area contributed by atoms with Crippen molar-refractivity contribution in [3.8, 4) is 0 Å². The number of anilines is 6. The number of hydrogen-bond acceptors (Lipinski definition) is 17. The predicted octanol–water partition coefficient (Wildman–Crippen LogP) is 3.62. The van der Waals surface area contributed by atoms with E-state index >= 15 is 0 Å². The number of amides is 6. The summed E-state index contributed by atoms with van der Waals surface area (Å²) in [5, 5.41) is 13.4. The summed E-state index contributed by atoms with van der Waals surface area (Å²) in [5.41, 5.74) is -0.697. The Balaban J connectivity index is 0.904. The highest BCUT2D eigenvalue weighted by Gasteiger charge is 2.24. The summed E-state index contributed by atoms with van der Waals surface area (Å²) >= 11 is 0. The maximum atomic E-state index is 13.4. The van der Waals surface area contributed by atoms with Crippen LogP contribution in [-0.2, 0) is 68.7 Å². The van der Waals surface area contributed by atoms with E-state index in [1.54, 1.807) is 0 Å². The molecule has 76 heavy (non-hydrogen) atoms. The fourth-order valence-electron chi connectivity index (χ4n) is 8.04. The zero-order chi connectivity index (χ0) is 55.6. The van der Waals surface area contributed by atoms with Crippen LogP contribution >= 0.6 is 0 Å². The van der Waals surface area contributed by atoms with Gasteiger partial charge in [0.1, 0.15) is 63.7 Å². The minimum Gasteiger partial charge on any atom is -0.744 e. The maximum Gasteiger partial charge on any atom is 0.325 e. The molecular weight excluding hydrogens is 1080 g/mol. The minimum atomic E-state index is -5.24. The molecule has 0 aliphatic rings. The average Bonchev–Trinajstić information content (AvgIpc) is 4.09. The smallest absolute Gasteiger partial charge is 0.325 e. The molecule has 4 aromatic carbocycles. The number of carbonyl (C=O) groups excluding carboxylic acids is 5. The predicted molar refractivity (Wildman–Crippen MR) is 266 cm³/mol. The van der Waals surface area contributed by atoms with Gasteiger partial charge in [0.25, 0.3) is 23.6 Å². The van der Waals surface area contributed by atoms with Crippen LogP contribution in [0, 0.1) is 0 Å². The van der Waals surface area contributed by atoms with E-state index in [0.29, 0.717) is 0 Å². The monoisotopic (exact) mass is 1120 g/mol. The molecule has 27 nitrogen and oxygen atoms in total. The average molecular weight is 1120 g/mol. The molecule has 0 saturated heterocycles. The lowest BCUT2D eigenvalue weighted by Crippen LogP contribution is -2.22. The summed E-state index contributed by atoms with van der Waals surface area (Å²) in [4.78, 5) is 63.5. The third-order valence-corrected chi connectivity index (χ3v) is 15.1. The van der Waals surface area contributed by atoms with Crippen LogP contribution in [0.15, 0.2) is 129 Å². The van der Waals surface area contributed by atoms with Crippen molar-refractivity contribution in [2.45, 2.75) is 19.6 Å². The van der Waals surface area contributed by atoms with Crippen molar-refractivity contribution < 1.29 is 75.9 Å². The van der Waals surface area contributed by atoms with Crippen molar-refractivity contribution in [1.82, 2.24) is 18.3 Å². The molecular formula is C45H36N10O17S4-4. The van der Waals surface area contributed by atoms with E-state index in [0.717, 1.165) is 60.7 Å². The van der Waals surface area contributed by atoms with Crippen LogP contribution in [0.2, 0.25) is 0 Å². The lowest BCUT2D eigenvalue weighted by Gasteiger charge is -2.18. The Hall–Kier alpha value is -8.69. The molecule has 0 saturated carbocycles. The van der Waals surface area contributed by atoms with Crippen LogP contribution in [0.1, 0.15) is 41.4 Å². The molecule has 8 rings (SSSR count). The third-order valence-electron chi connectivity index (χ3n) is 11.5. The molecule has 0 aliphatic heterocycles. The first kappa shape index (κ1) is 53.6. The van der Waals surface area contributed by atoms with Crippen molar-refractivity contribution in [2.24, 2.45) is 28.2 Å². The summed E-state index contributed by atoms with van der Waals surface area (Å²) < 4.78 is 150. The second kappa shape index (κ2) is 19.5. The minimum absolute atomic E-state index is 0.0415. The number of aromatic nitrogens is 4. The number of rotatable bonds is 14. The molecule has 0 fully saturated rings. The number of carbonyl (C=O) groups is 5. The van der Waals surface area contributed by atoms with Crippen LogP contribution < -0.4 is 31.9 Å². The van der Waals surface area contributed by atoms with Gasteiger partial charge in [0, 0.05) is 74.5 Å². The van der Waals surface area contributed by atoms with Crippen molar-refractivity contribution in [3.63, 3.8) is 0 Å². The largest absolute Gasteiger partial charge is 0.744 e. The lowest BCUT2D eigenvalue weighted by molar-refractivity contribution is 0.101. The Morgan fingerprint density at radius 3 is 0.934 bits per heavy atom. The topological polar surface area (TPSA) is 406 Å². The van der Waals surface area contributed by atoms with Gasteiger partial charge in [-0.1, -0.05) is 24.3 Å². The molecule has 0 atom stereocenters. The number of aryl methyl sites for hydroxylation is 4. The molecule has 8 aromatic rings. The van der Waals surface area contributed by atoms with Gasteiger partial charge in [-0.15, -0.1) is 0 Å². The number of nitrogens with one attached hydrogen (secondary N) is 6. The van der Waals surface area contributed by atoms with E-state index in [-0.39, 0.29) is 56.9 Å². The first-order chi connectivity index (χ1) is 35.4. The standard InChI is InChI=1S/C45H40N10O17S4/c1-52-19-23(41(56)46-29-11-13-31(73(61,62)63)27-7-5-9-33(39(27)29)75(67,68)69)15-35(52)48-43(58)25-17-37(54(3)21-25)50-45(60)51-38-18-26(22-55(38)4)44(59)49-36-16-24(20-53(36)2)42(57)47-30-12-14-32(74(64,65)66)28-8-6-10-34(40(28)30)76(70,71)72/h5-22H,1-4H3,(H,46,56)(H,47,57)(H,48,58)(H,49,59)(H2,50,51,60)(H,61,62,63)(H,64,65,66)(H,67,68,69)(H,70,71,72)/p-4. The van der Waals surface area contributed by atoms with Crippen molar-refractivity contribution in [2.75, 3.05) is 31.9 Å². The highest BCUT2D eigenvalue weighted by atomic mass is 32.2. The zero-order valence-corrected chi connectivity index (χ0v) is 42.5. The van der Waals surface area contributed by atoms with Crippen LogP contribution in [0.3, 0.4) is 0 Å². The van der Waals surface area contributed by atoms with Crippen molar-refractivity contribution >= 4 is 126 Å². The SMILES string of the molecule is Cn1cc(C(=O)Nc2cc(C(=O)Nc3ccc(S(=O)(=O)[O-])c4cccc(S(=O)(=O)[O-])c34)cn2C)cc1NC(=O)Nc1cc(C(=O)Nc2cc(C(=O)Nc3ccc(S(=O)(=O)[O-])c4cccc(S(=O)(=O)[O-])c34)cn2C)cn1C. The molecule has 396 valence electrons. The normalized spacial score (nSPS) is 12.1. The number of benzene rings is 4. The summed E-state index contributed by atoms with van der Waals surface area (Å²) in [7, 11) is -14.8. The van der Waals surface area contributed by atoms with Gasteiger partial charge in [0.05, 0.1) is 53.2 Å². The van der Waals surface area contributed by atoms with Crippen LogP contribution in [0.4, 0.5) is 39.4 Å². The van der Waals surface area contributed by atoms with E-state index in [1.165, 1.54) is 95.5 Å². The molecule has 6 amide bonds. The number of hydrogen-bond donors (Lipinski definition) is 6. The van der Waals surface area contributed by atoms with Gasteiger partial charge >= 0.3 is 6.03 Å². The second-order valence-corrected chi connectivity index (χ2v) is 22.1. The zero-order valence-electron chi connectivity index (χ0n) is 39.3. The summed E-state index contributed by atoms with van der Waals surface area (Å²) in [6.07, 6.45) is 5.35. The van der Waals surface area contributed by atoms with E-state index in [1.807, 2.05) is 0 Å². The molecule has 0 spiro atoms. The Morgan fingerprint density at radius 2 is 0.645 bits per heavy atom. The maximum absolute atomic E-state index is 13.4. The highest BCUT2D eigenvalue weighted by molar-refractivity contribution is 7.87. The van der Waals surface area contributed by atoms with Gasteiger partial charge < -0.3 is 57.7 Å². The van der Waals surface area contributed by atoms with E-state index < -0.39 is 111 Å². The van der Waals surface area contributed by atoms with E-state index in [9.17, 15) is 75.9 Å². The third kappa shape index (κ3) is 10.9. The van der Waals surface area contributed by atoms with Crippen molar-refractivity contribution in [3.05, 3.63) is 132 Å². The van der Waals surface area contributed by atoms with Gasteiger partial charge in [0.15, 0.2) is 0 Å². The lowest BCUT2D eigenvalue weighted by atomic mass is 10.1. The number of urea groups is 1. The fraction of sp³-hybridized carbons (Fsp3) is 0.0889. The number of fused-ring (bicyclic) bond motifs is 2. The Bertz CT molecular complexity index is 4020. The van der Waals surface area contributed by atoms with Gasteiger partial charge in [-0.05, 0) is 60.7 Å². The Labute approximate surface area is 430 Å². The fourth-order valence-corrected chi connectivity index (χ4v) is 10.8. The first-order valence-electron chi connectivity index (χ1n) is 21.3. The molecule has 4 heterocycles.